The second-order valence-electron chi connectivity index (χ2n) is 6.03. The van der Waals surface area contributed by atoms with Gasteiger partial charge in [-0.2, -0.15) is 13.2 Å². The fraction of sp³-hybridized carbons (Fsp3) is 0.389. The van der Waals surface area contributed by atoms with Crippen LogP contribution in [0.5, 0.6) is 0 Å². The van der Waals surface area contributed by atoms with E-state index in [1.54, 1.807) is 6.92 Å². The monoisotopic (exact) mass is 404 g/mol. The van der Waals surface area contributed by atoms with Crippen LogP contribution < -0.4 is 21.3 Å². The molecule has 0 aromatic heterocycles. The van der Waals surface area contributed by atoms with Crippen molar-refractivity contribution in [3.8, 4) is 0 Å². The molecule has 1 rings (SSSR count). The third-order valence-electron chi connectivity index (χ3n) is 4.04. The van der Waals surface area contributed by atoms with Gasteiger partial charge in [-0.15, -0.1) is 0 Å². The molecule has 1 atom stereocenters. The number of aliphatic hydroxyl groups is 1. The Hall–Kier alpha value is -2.59. The summed E-state index contributed by atoms with van der Waals surface area (Å²) in [5, 5.41) is 14.4. The van der Waals surface area contributed by atoms with Crippen LogP contribution in [0.3, 0.4) is 0 Å². The molecule has 0 bridgehead atoms. The lowest BCUT2D eigenvalue weighted by Crippen LogP contribution is -2.59. The number of hydrogen-bond acceptors (Lipinski definition) is 5. The van der Waals surface area contributed by atoms with E-state index in [9.17, 15) is 27.5 Å². The van der Waals surface area contributed by atoms with Crippen molar-refractivity contribution in [2.24, 2.45) is 5.73 Å². The van der Waals surface area contributed by atoms with Crippen molar-refractivity contribution in [3.05, 3.63) is 54.1 Å². The number of nitrogens with zero attached hydrogens (tertiary/aromatic N) is 1. The molecule has 10 heteroatoms. The van der Waals surface area contributed by atoms with Gasteiger partial charge in [-0.25, -0.2) is 4.39 Å². The van der Waals surface area contributed by atoms with Crippen LogP contribution in [0.15, 0.2) is 48.3 Å². The first-order chi connectivity index (χ1) is 13.0. The summed E-state index contributed by atoms with van der Waals surface area (Å²) in [6, 6.07) is 5.22. The van der Waals surface area contributed by atoms with Crippen molar-refractivity contribution in [3.63, 3.8) is 0 Å². The zero-order valence-corrected chi connectivity index (χ0v) is 15.6. The van der Waals surface area contributed by atoms with Crippen molar-refractivity contribution in [2.45, 2.75) is 18.7 Å². The minimum Gasteiger partial charge on any atom is -0.384 e. The van der Waals surface area contributed by atoms with E-state index in [0.29, 0.717) is 5.69 Å². The quantitative estimate of drug-likeness (QED) is 0.285. The van der Waals surface area contributed by atoms with E-state index < -0.39 is 36.6 Å². The van der Waals surface area contributed by atoms with Crippen LogP contribution in [-0.2, 0) is 4.79 Å². The summed E-state index contributed by atoms with van der Waals surface area (Å²) >= 11 is 0. The van der Waals surface area contributed by atoms with Gasteiger partial charge in [0.05, 0.1) is 12.1 Å². The predicted octanol–water partition coefficient (Wildman–Crippen LogP) is 1.64. The van der Waals surface area contributed by atoms with Crippen molar-refractivity contribution >= 4 is 11.6 Å². The summed E-state index contributed by atoms with van der Waals surface area (Å²) in [6.45, 7) is 3.38. The van der Waals surface area contributed by atoms with Gasteiger partial charge in [-0.3, -0.25) is 4.79 Å². The molecule has 0 spiro atoms. The molecule has 5 N–H and O–H groups in total. The van der Waals surface area contributed by atoms with Crippen molar-refractivity contribution < 1.29 is 27.5 Å². The molecule has 156 valence electrons. The molecule has 0 radical (unpaired) electrons. The lowest BCUT2D eigenvalue weighted by molar-refractivity contribution is -0.255. The largest absolute Gasteiger partial charge is 0.420 e. The number of anilines is 1. The van der Waals surface area contributed by atoms with E-state index in [1.165, 1.54) is 36.2 Å². The Morgan fingerprint density at radius 2 is 1.86 bits per heavy atom. The molecule has 6 nitrogen and oxygen atoms in total. The molecule has 0 aliphatic carbocycles. The summed E-state index contributed by atoms with van der Waals surface area (Å²) in [7, 11) is 1.50. The van der Waals surface area contributed by atoms with Crippen LogP contribution >= 0.6 is 0 Å². The third-order valence-corrected chi connectivity index (χ3v) is 4.04. The number of carbonyl (C=O) groups is 1. The number of rotatable bonds is 9. The van der Waals surface area contributed by atoms with Gasteiger partial charge in [0.1, 0.15) is 11.6 Å². The van der Waals surface area contributed by atoms with Crippen LogP contribution in [0.2, 0.25) is 0 Å². The van der Waals surface area contributed by atoms with E-state index in [4.69, 9.17) is 5.73 Å². The number of hydrogen-bond donors (Lipinski definition) is 4. The lowest BCUT2D eigenvalue weighted by atomic mass is 10.0. The van der Waals surface area contributed by atoms with E-state index in [0.717, 1.165) is 6.08 Å². The molecule has 0 aliphatic rings. The lowest BCUT2D eigenvalue weighted by Gasteiger charge is -2.31. The summed E-state index contributed by atoms with van der Waals surface area (Å²) in [6.07, 6.45) is -3.88. The maximum absolute atomic E-state index is 13.2. The van der Waals surface area contributed by atoms with E-state index in [-0.39, 0.29) is 17.9 Å². The molecular weight excluding hydrogens is 380 g/mol. The van der Waals surface area contributed by atoms with Crippen LogP contribution in [-0.4, -0.2) is 49.5 Å². The minimum atomic E-state index is -4.96. The highest BCUT2D eigenvalue weighted by molar-refractivity contribution is 5.97. The molecule has 0 aliphatic heterocycles. The summed E-state index contributed by atoms with van der Waals surface area (Å²) in [4.78, 5) is 13.7. The zero-order chi connectivity index (χ0) is 21.5. The van der Waals surface area contributed by atoms with Crippen LogP contribution in [0, 0.1) is 5.82 Å². The Morgan fingerprint density at radius 3 is 2.32 bits per heavy atom. The Kier molecular flexibility index (Phi) is 8.01. The molecule has 0 saturated heterocycles. The average Bonchev–Trinajstić information content (AvgIpc) is 2.64. The predicted molar refractivity (Wildman–Crippen MR) is 98.8 cm³/mol. The fourth-order valence-electron chi connectivity index (χ4n) is 2.21. The highest BCUT2D eigenvalue weighted by Gasteiger charge is 2.53. The SMILES string of the molecule is C=C/C(C(=O)NCC(O)(CNCC)C(F)(F)F)=C(/N)N(C)c1ccc(F)cc1. The molecular formula is C18H24F4N4O2. The maximum Gasteiger partial charge on any atom is 0.420 e. The van der Waals surface area contributed by atoms with Crippen molar-refractivity contribution in [1.82, 2.24) is 10.6 Å². The summed E-state index contributed by atoms with van der Waals surface area (Å²) in [5.74, 6) is -1.52. The van der Waals surface area contributed by atoms with Crippen LogP contribution in [0.1, 0.15) is 6.92 Å². The highest BCUT2D eigenvalue weighted by atomic mass is 19.4. The minimum absolute atomic E-state index is 0.110. The highest BCUT2D eigenvalue weighted by Crippen LogP contribution is 2.29. The van der Waals surface area contributed by atoms with Crippen LogP contribution in [0.25, 0.3) is 0 Å². The molecule has 1 aromatic carbocycles. The third kappa shape index (κ3) is 5.70. The first-order valence-corrected chi connectivity index (χ1v) is 8.36. The second kappa shape index (κ2) is 9.56. The number of nitrogens with one attached hydrogen (secondary N) is 2. The standard InChI is InChI=1S/C18H24F4N4O2/c1-4-14(15(23)26(3)13-8-6-12(19)7-9-13)16(27)25-11-17(28,10-24-5-2)18(20,21)22/h4,6-9,24,28H,1,5,10-11,23H2,2-3H3,(H,25,27)/b15-14+. The fourth-order valence-corrected chi connectivity index (χ4v) is 2.21. The van der Waals surface area contributed by atoms with Gasteiger partial charge in [0.15, 0.2) is 5.60 Å². The normalized spacial score (nSPS) is 14.7. The number of carbonyl (C=O) groups excluding carboxylic acids is 1. The van der Waals surface area contributed by atoms with Crippen molar-refractivity contribution in [2.75, 3.05) is 31.6 Å². The zero-order valence-electron chi connectivity index (χ0n) is 15.6. The van der Waals surface area contributed by atoms with E-state index >= 15 is 0 Å². The van der Waals surface area contributed by atoms with E-state index in [1.807, 2.05) is 5.32 Å². The number of nitrogens with two attached hydrogens (primary N) is 1. The smallest absolute Gasteiger partial charge is 0.384 e. The number of alkyl halides is 3. The number of likely N-dealkylation sites (N-methyl/N-ethyl adjacent to an activating group) is 1. The topological polar surface area (TPSA) is 90.6 Å². The molecule has 1 aromatic rings. The van der Waals surface area contributed by atoms with Gasteiger partial charge in [-0.05, 0) is 30.8 Å². The Labute approximate surface area is 160 Å². The molecule has 0 heterocycles. The number of benzene rings is 1. The average molecular weight is 404 g/mol. The maximum atomic E-state index is 13.2. The summed E-state index contributed by atoms with van der Waals surface area (Å²) < 4.78 is 52.5. The molecule has 1 unspecified atom stereocenters. The number of halogens is 4. The van der Waals surface area contributed by atoms with Gasteiger partial charge in [-0.1, -0.05) is 19.6 Å². The molecule has 0 fully saturated rings. The second-order valence-corrected chi connectivity index (χ2v) is 6.03. The van der Waals surface area contributed by atoms with Gasteiger partial charge in [0, 0.05) is 19.3 Å². The first-order valence-electron chi connectivity index (χ1n) is 8.36. The van der Waals surface area contributed by atoms with Crippen LogP contribution in [0.4, 0.5) is 23.2 Å². The molecule has 1 amide bonds. The Balaban J connectivity index is 3.01. The Morgan fingerprint density at radius 1 is 1.29 bits per heavy atom. The Bertz CT molecular complexity index is 719. The molecule has 28 heavy (non-hydrogen) atoms. The van der Waals surface area contributed by atoms with Gasteiger partial charge < -0.3 is 26.4 Å². The van der Waals surface area contributed by atoms with Gasteiger partial charge in [0.2, 0.25) is 0 Å². The number of amides is 1. The van der Waals surface area contributed by atoms with Gasteiger partial charge >= 0.3 is 6.18 Å². The van der Waals surface area contributed by atoms with E-state index in [2.05, 4.69) is 11.9 Å². The summed E-state index contributed by atoms with van der Waals surface area (Å²) in [5.41, 5.74) is 3.04. The molecule has 0 saturated carbocycles. The van der Waals surface area contributed by atoms with Gasteiger partial charge in [0.25, 0.3) is 5.91 Å². The van der Waals surface area contributed by atoms with Crippen molar-refractivity contribution in [1.29, 1.82) is 0 Å². The first kappa shape index (κ1) is 23.4.